The second-order valence-electron chi connectivity index (χ2n) is 11.7. The number of nitrogens with two attached hydrogens (primary N) is 1. The molecule has 1 unspecified atom stereocenters. The largest absolute Gasteiger partial charge is 0.397 e. The zero-order valence-corrected chi connectivity index (χ0v) is 31.4. The number of halogens is 4. The van der Waals surface area contributed by atoms with Crippen LogP contribution in [-0.2, 0) is 52.9 Å². The molecule has 1 aromatic heterocycles. The SMILES string of the molecule is C=C.CC.CC(=O)NOCCN(CC(N)=O)C(=O)CC(F)(F)F.COC/C(C=O)=C(/C=C1/c2nc3cc(F)c(C)c4c3c(c2CN1C)CCC4)C(O)C=O. The van der Waals surface area contributed by atoms with Crippen LogP contribution in [-0.4, -0.2) is 103 Å². The number of aromatic nitrogens is 1. The van der Waals surface area contributed by atoms with E-state index in [9.17, 15) is 46.6 Å². The van der Waals surface area contributed by atoms with Gasteiger partial charge in [-0.1, -0.05) is 13.8 Å². The number of ether oxygens (including phenoxy) is 1. The standard InChI is InChI=1S/C24H25FN2O4.C9H14F3N3O4.C2H6.C2H4/c1-13-15-5-4-6-16-18-9-27(2)21(24(18)26-20(23(15)16)8-19(13)25)7-17(22(30)11-29)14(10-28)12-31-3;1-6(16)14-19-3-2-15(5-7(13)17)8(18)4-9(10,11)12;2*1-2/h7-8,10-11,22,30H,4-6,9,12H2,1-3H3;2-5H2,1H3,(H2,13,17)(H,14,16);1-2H3;1-2H2/b17-14-,21-7-;;;. The van der Waals surface area contributed by atoms with Crippen LogP contribution in [0.5, 0.6) is 0 Å². The maximum absolute atomic E-state index is 14.6. The van der Waals surface area contributed by atoms with Gasteiger partial charge < -0.3 is 30.2 Å². The molecular weight excluding hydrogens is 718 g/mol. The van der Waals surface area contributed by atoms with Crippen LogP contribution in [0.4, 0.5) is 17.6 Å². The molecule has 298 valence electrons. The summed E-state index contributed by atoms with van der Waals surface area (Å²) >= 11 is 0. The number of aliphatic hydroxyl groups is 1. The van der Waals surface area contributed by atoms with Gasteiger partial charge in [0.2, 0.25) is 17.7 Å². The first-order chi connectivity index (χ1) is 25.5. The molecule has 4 N–H and O–H groups in total. The van der Waals surface area contributed by atoms with Crippen molar-refractivity contribution in [2.24, 2.45) is 5.73 Å². The Kier molecular flexibility index (Phi) is 19.4. The molecule has 0 fully saturated rings. The number of nitrogens with one attached hydrogen (secondary N) is 1. The number of methoxy groups -OCH3 is 1. The lowest BCUT2D eigenvalue weighted by atomic mass is 9.85. The number of aldehydes is 2. The lowest BCUT2D eigenvalue weighted by Gasteiger charge is -2.21. The lowest BCUT2D eigenvalue weighted by molar-refractivity contribution is -0.163. The highest BCUT2D eigenvalue weighted by atomic mass is 19.4. The van der Waals surface area contributed by atoms with Gasteiger partial charge >= 0.3 is 6.18 Å². The molecule has 1 aliphatic heterocycles. The molecule has 13 nitrogen and oxygen atoms in total. The van der Waals surface area contributed by atoms with Gasteiger partial charge in [-0.3, -0.25) is 24.0 Å². The summed E-state index contributed by atoms with van der Waals surface area (Å²) in [6, 6.07) is 1.48. The van der Waals surface area contributed by atoms with E-state index in [0.29, 0.717) is 46.5 Å². The molecule has 1 atom stereocenters. The van der Waals surface area contributed by atoms with E-state index in [-0.39, 0.29) is 36.7 Å². The topological polar surface area (TPSA) is 181 Å². The summed E-state index contributed by atoms with van der Waals surface area (Å²) in [6.07, 6.45) is -2.58. The van der Waals surface area contributed by atoms with Crippen LogP contribution in [0.2, 0.25) is 0 Å². The van der Waals surface area contributed by atoms with Gasteiger partial charge in [0.1, 0.15) is 24.6 Å². The number of hydroxylamine groups is 1. The number of amides is 3. The van der Waals surface area contributed by atoms with Crippen LogP contribution in [0, 0.1) is 12.7 Å². The number of rotatable bonds is 13. The van der Waals surface area contributed by atoms with Gasteiger partial charge in [0.15, 0.2) is 6.29 Å². The van der Waals surface area contributed by atoms with Gasteiger partial charge in [-0.2, -0.15) is 13.2 Å². The van der Waals surface area contributed by atoms with Crippen molar-refractivity contribution in [2.45, 2.75) is 72.2 Å². The molecule has 17 heteroatoms. The third kappa shape index (κ3) is 12.8. The second kappa shape index (κ2) is 22.3. The second-order valence-corrected chi connectivity index (χ2v) is 11.7. The first-order valence-corrected chi connectivity index (χ1v) is 16.9. The van der Waals surface area contributed by atoms with Crippen molar-refractivity contribution in [3.05, 3.63) is 70.2 Å². The van der Waals surface area contributed by atoms with E-state index in [2.05, 4.69) is 18.0 Å². The third-order valence-corrected chi connectivity index (χ3v) is 8.00. The number of aliphatic hydroxyl groups excluding tert-OH is 1. The fourth-order valence-corrected chi connectivity index (χ4v) is 5.79. The van der Waals surface area contributed by atoms with Gasteiger partial charge in [-0.25, -0.2) is 14.9 Å². The fourth-order valence-electron chi connectivity index (χ4n) is 5.79. The Labute approximate surface area is 311 Å². The number of aryl methyl sites for hydroxylation is 2. The van der Waals surface area contributed by atoms with E-state index >= 15 is 0 Å². The molecule has 0 radical (unpaired) electrons. The molecular formula is C37H49F4N5O8. The first-order valence-electron chi connectivity index (χ1n) is 16.9. The Morgan fingerprint density at radius 2 is 1.80 bits per heavy atom. The number of hydrogen-bond donors (Lipinski definition) is 3. The number of carbonyl (C=O) groups is 5. The predicted molar refractivity (Wildman–Crippen MR) is 194 cm³/mol. The Balaban J connectivity index is 0.000000548. The smallest absolute Gasteiger partial charge is 0.381 e. The minimum atomic E-state index is -4.68. The Hall–Kier alpha value is -5.00. The summed E-state index contributed by atoms with van der Waals surface area (Å²) in [4.78, 5) is 67.2. The van der Waals surface area contributed by atoms with Crippen molar-refractivity contribution in [1.82, 2.24) is 20.3 Å². The maximum atomic E-state index is 14.6. The number of alkyl halides is 3. The van der Waals surface area contributed by atoms with Gasteiger partial charge in [0.25, 0.3) is 0 Å². The summed E-state index contributed by atoms with van der Waals surface area (Å²) in [7, 11) is 3.33. The van der Waals surface area contributed by atoms with E-state index in [1.807, 2.05) is 38.2 Å². The molecule has 2 heterocycles. The van der Waals surface area contributed by atoms with Gasteiger partial charge in [0.05, 0.1) is 36.7 Å². The molecule has 2 aliphatic rings. The summed E-state index contributed by atoms with van der Waals surface area (Å²) in [5.41, 5.74) is 13.1. The molecule has 1 aromatic carbocycles. The van der Waals surface area contributed by atoms with Gasteiger partial charge in [-0.05, 0) is 54.5 Å². The molecule has 0 saturated heterocycles. The highest BCUT2D eigenvalue weighted by Gasteiger charge is 2.34. The lowest BCUT2D eigenvalue weighted by Crippen LogP contribution is -2.42. The van der Waals surface area contributed by atoms with Crippen LogP contribution >= 0.6 is 0 Å². The molecule has 4 rings (SSSR count). The van der Waals surface area contributed by atoms with Crippen LogP contribution < -0.4 is 11.2 Å². The zero-order valence-electron chi connectivity index (χ0n) is 31.4. The molecule has 0 bridgehead atoms. The molecule has 54 heavy (non-hydrogen) atoms. The number of primary amides is 1. The van der Waals surface area contributed by atoms with Gasteiger partial charge in [0, 0.05) is 56.8 Å². The minimum Gasteiger partial charge on any atom is -0.381 e. The van der Waals surface area contributed by atoms with Crippen molar-refractivity contribution >= 4 is 46.9 Å². The number of carbonyl (C=O) groups excluding carboxylic acids is 5. The number of benzene rings is 1. The third-order valence-electron chi connectivity index (χ3n) is 8.00. The normalized spacial score (nSPS) is 14.5. The average molecular weight is 768 g/mol. The molecule has 0 spiro atoms. The minimum absolute atomic E-state index is 0.0334. The highest BCUT2D eigenvalue weighted by molar-refractivity contribution is 5.92. The molecule has 3 amide bonds. The van der Waals surface area contributed by atoms with E-state index in [1.165, 1.54) is 18.7 Å². The van der Waals surface area contributed by atoms with Crippen LogP contribution in [0.15, 0.2) is 36.4 Å². The summed E-state index contributed by atoms with van der Waals surface area (Å²) in [6.45, 7) is 12.3. The summed E-state index contributed by atoms with van der Waals surface area (Å²) in [5.74, 6) is -3.02. The zero-order chi connectivity index (χ0) is 41.3. The molecule has 2 aromatic rings. The quantitative estimate of drug-likeness (QED) is 0.0678. The van der Waals surface area contributed by atoms with E-state index in [1.54, 1.807) is 6.08 Å². The van der Waals surface area contributed by atoms with Crippen molar-refractivity contribution in [3.8, 4) is 0 Å². The first kappa shape index (κ1) is 47.0. The van der Waals surface area contributed by atoms with Crippen molar-refractivity contribution in [2.75, 3.05) is 40.5 Å². The Morgan fingerprint density at radius 1 is 1.17 bits per heavy atom. The number of hydrogen-bond acceptors (Lipinski definition) is 10. The average Bonchev–Trinajstić information content (AvgIpc) is 3.44. The van der Waals surface area contributed by atoms with Crippen LogP contribution in [0.1, 0.15) is 61.6 Å². The molecule has 1 aliphatic carbocycles. The number of fused-ring (bicyclic) bond motifs is 2. The van der Waals surface area contributed by atoms with Crippen molar-refractivity contribution in [1.29, 1.82) is 0 Å². The number of pyridine rings is 1. The van der Waals surface area contributed by atoms with Crippen LogP contribution in [0.25, 0.3) is 16.6 Å². The van der Waals surface area contributed by atoms with E-state index in [4.69, 9.17) is 15.5 Å². The summed E-state index contributed by atoms with van der Waals surface area (Å²) in [5, 5.41) is 11.3. The van der Waals surface area contributed by atoms with Gasteiger partial charge in [-0.15, -0.1) is 13.2 Å². The van der Waals surface area contributed by atoms with Crippen molar-refractivity contribution in [3.63, 3.8) is 0 Å². The van der Waals surface area contributed by atoms with E-state index in [0.717, 1.165) is 42.7 Å². The number of nitrogens with zero attached hydrogens (tertiary/aromatic N) is 3. The van der Waals surface area contributed by atoms with E-state index < -0.39 is 43.0 Å². The fraction of sp³-hybridized carbons (Fsp3) is 0.459. The monoisotopic (exact) mass is 767 g/mol. The molecule has 0 saturated carbocycles. The predicted octanol–water partition coefficient (Wildman–Crippen LogP) is 3.81. The highest BCUT2D eigenvalue weighted by Crippen LogP contribution is 2.41. The Morgan fingerprint density at radius 3 is 2.33 bits per heavy atom. The summed E-state index contributed by atoms with van der Waals surface area (Å²) < 4.78 is 55.8. The van der Waals surface area contributed by atoms with Crippen LogP contribution in [0.3, 0.4) is 0 Å². The Bertz CT molecular complexity index is 1730. The van der Waals surface area contributed by atoms with Crippen molar-refractivity contribution < 1.29 is 56.2 Å². The maximum Gasteiger partial charge on any atom is 0.397 e.